The zero-order valence-electron chi connectivity index (χ0n) is 11.1. The fourth-order valence-electron chi connectivity index (χ4n) is 2.78. The highest BCUT2D eigenvalue weighted by atomic mass is 15.3. The Morgan fingerprint density at radius 1 is 1.06 bits per heavy atom. The summed E-state index contributed by atoms with van der Waals surface area (Å²) in [6, 6.07) is 10.7. The molecular formula is C15H24N2. The monoisotopic (exact) mass is 232 g/mol. The van der Waals surface area contributed by atoms with E-state index in [4.69, 9.17) is 0 Å². The third kappa shape index (κ3) is 3.08. The smallest absolute Gasteiger partial charge is 0.0710 e. The van der Waals surface area contributed by atoms with Gasteiger partial charge in [-0.05, 0) is 32.5 Å². The fraction of sp³-hybridized carbons (Fsp3) is 0.600. The molecule has 2 heteroatoms. The van der Waals surface area contributed by atoms with Crippen LogP contribution < -0.4 is 5.32 Å². The third-order valence-electron chi connectivity index (χ3n) is 4.00. The lowest BCUT2D eigenvalue weighted by atomic mass is 9.87. The average molecular weight is 232 g/mol. The summed E-state index contributed by atoms with van der Waals surface area (Å²) >= 11 is 0. The summed E-state index contributed by atoms with van der Waals surface area (Å²) in [5.41, 5.74) is 1.59. The number of nitrogens with zero attached hydrogens (tertiary/aromatic N) is 1. The van der Waals surface area contributed by atoms with Crippen molar-refractivity contribution in [2.24, 2.45) is 0 Å². The number of hydrogen-bond donors (Lipinski definition) is 1. The second-order valence-electron chi connectivity index (χ2n) is 5.33. The second kappa shape index (κ2) is 5.65. The van der Waals surface area contributed by atoms with Crippen molar-refractivity contribution in [1.29, 1.82) is 0 Å². The van der Waals surface area contributed by atoms with Gasteiger partial charge in [-0.1, -0.05) is 49.6 Å². The maximum absolute atomic E-state index is 3.78. The van der Waals surface area contributed by atoms with Crippen LogP contribution in [0.4, 0.5) is 0 Å². The van der Waals surface area contributed by atoms with Crippen LogP contribution in [-0.4, -0.2) is 24.7 Å². The molecule has 0 aliphatic heterocycles. The quantitative estimate of drug-likeness (QED) is 0.803. The Hall–Kier alpha value is -0.860. The number of rotatable bonds is 4. The minimum atomic E-state index is 0.216. The van der Waals surface area contributed by atoms with Crippen LogP contribution in [-0.2, 0) is 6.54 Å². The Morgan fingerprint density at radius 2 is 1.71 bits per heavy atom. The van der Waals surface area contributed by atoms with Crippen LogP contribution in [0, 0.1) is 0 Å². The largest absolute Gasteiger partial charge is 0.295 e. The minimum Gasteiger partial charge on any atom is -0.295 e. The first-order chi connectivity index (χ1) is 8.23. The molecule has 2 nitrogen and oxygen atoms in total. The van der Waals surface area contributed by atoms with E-state index >= 15 is 0 Å². The predicted molar refractivity (Wildman–Crippen MR) is 72.8 cm³/mol. The highest BCUT2D eigenvalue weighted by molar-refractivity contribution is 5.14. The van der Waals surface area contributed by atoms with E-state index in [1.807, 2.05) is 0 Å². The number of benzene rings is 1. The Balaban J connectivity index is 1.98. The molecule has 0 saturated heterocycles. The predicted octanol–water partition coefficient (Wildman–Crippen LogP) is 3.00. The summed E-state index contributed by atoms with van der Waals surface area (Å²) in [7, 11) is 4.40. The molecule has 1 aromatic rings. The van der Waals surface area contributed by atoms with Crippen LogP contribution in [0.5, 0.6) is 0 Å². The maximum atomic E-state index is 3.78. The molecule has 0 bridgehead atoms. The van der Waals surface area contributed by atoms with Crippen LogP contribution in [0.25, 0.3) is 0 Å². The highest BCUT2D eigenvalue weighted by Crippen LogP contribution is 2.30. The molecule has 1 fully saturated rings. The second-order valence-corrected chi connectivity index (χ2v) is 5.33. The van der Waals surface area contributed by atoms with E-state index in [-0.39, 0.29) is 5.66 Å². The Labute approximate surface area is 105 Å². The van der Waals surface area contributed by atoms with Crippen molar-refractivity contribution in [3.63, 3.8) is 0 Å². The molecule has 1 aliphatic carbocycles. The van der Waals surface area contributed by atoms with Gasteiger partial charge in [-0.25, -0.2) is 0 Å². The molecule has 2 rings (SSSR count). The van der Waals surface area contributed by atoms with Gasteiger partial charge in [0.25, 0.3) is 0 Å². The lowest BCUT2D eigenvalue weighted by Gasteiger charge is -2.44. The number of hydrogen-bond acceptors (Lipinski definition) is 2. The zero-order chi connectivity index (χ0) is 12.1. The van der Waals surface area contributed by atoms with Crippen molar-refractivity contribution in [2.75, 3.05) is 14.1 Å². The molecule has 17 heavy (non-hydrogen) atoms. The van der Waals surface area contributed by atoms with Gasteiger partial charge in [0.2, 0.25) is 0 Å². The molecule has 0 aromatic heterocycles. The topological polar surface area (TPSA) is 15.3 Å². The normalized spacial score (nSPS) is 19.5. The van der Waals surface area contributed by atoms with Crippen molar-refractivity contribution in [3.8, 4) is 0 Å². The first-order valence-corrected chi connectivity index (χ1v) is 6.69. The lowest BCUT2D eigenvalue weighted by Crippen LogP contribution is -2.56. The lowest BCUT2D eigenvalue weighted by molar-refractivity contribution is 0.0614. The third-order valence-corrected chi connectivity index (χ3v) is 4.00. The van der Waals surface area contributed by atoms with Gasteiger partial charge >= 0.3 is 0 Å². The van der Waals surface area contributed by atoms with Crippen molar-refractivity contribution in [1.82, 2.24) is 10.2 Å². The molecule has 1 saturated carbocycles. The molecule has 1 aromatic carbocycles. The summed E-state index contributed by atoms with van der Waals surface area (Å²) in [5.74, 6) is 0. The van der Waals surface area contributed by atoms with Crippen LogP contribution in [0.1, 0.15) is 37.7 Å². The molecule has 0 amide bonds. The molecule has 0 unspecified atom stereocenters. The van der Waals surface area contributed by atoms with Gasteiger partial charge in [0.05, 0.1) is 5.66 Å². The fourth-order valence-corrected chi connectivity index (χ4v) is 2.78. The van der Waals surface area contributed by atoms with Gasteiger partial charge in [0.1, 0.15) is 0 Å². The van der Waals surface area contributed by atoms with Gasteiger partial charge in [-0.15, -0.1) is 0 Å². The van der Waals surface area contributed by atoms with Crippen molar-refractivity contribution in [3.05, 3.63) is 35.9 Å². The van der Waals surface area contributed by atoms with Crippen LogP contribution in [0.15, 0.2) is 30.3 Å². The summed E-state index contributed by atoms with van der Waals surface area (Å²) in [6.07, 6.45) is 6.63. The van der Waals surface area contributed by atoms with E-state index in [1.165, 1.54) is 37.7 Å². The molecule has 94 valence electrons. The average Bonchev–Trinajstić information content (AvgIpc) is 2.38. The SMILES string of the molecule is CN(C)C1(NCc2ccccc2)CCCCC1. The standard InChI is InChI=1S/C15H24N2/c1-17(2)15(11-7-4-8-12-15)16-13-14-9-5-3-6-10-14/h3,5-6,9-10,16H,4,7-8,11-13H2,1-2H3. The molecular weight excluding hydrogens is 208 g/mol. The Morgan fingerprint density at radius 3 is 2.29 bits per heavy atom. The van der Waals surface area contributed by atoms with Gasteiger partial charge in [0, 0.05) is 6.54 Å². The zero-order valence-corrected chi connectivity index (χ0v) is 11.1. The Kier molecular flexibility index (Phi) is 4.19. The molecule has 0 heterocycles. The first-order valence-electron chi connectivity index (χ1n) is 6.69. The van der Waals surface area contributed by atoms with Gasteiger partial charge in [-0.2, -0.15) is 0 Å². The van der Waals surface area contributed by atoms with E-state index in [1.54, 1.807) is 0 Å². The van der Waals surface area contributed by atoms with Gasteiger partial charge in [0.15, 0.2) is 0 Å². The van der Waals surface area contributed by atoms with Crippen LogP contribution >= 0.6 is 0 Å². The number of nitrogens with one attached hydrogen (secondary N) is 1. The van der Waals surface area contributed by atoms with E-state index < -0.39 is 0 Å². The van der Waals surface area contributed by atoms with E-state index in [0.717, 1.165) is 6.54 Å². The molecule has 0 radical (unpaired) electrons. The van der Waals surface area contributed by atoms with Gasteiger partial charge in [-0.3, -0.25) is 10.2 Å². The van der Waals surface area contributed by atoms with Crippen LogP contribution in [0.3, 0.4) is 0 Å². The van der Waals surface area contributed by atoms with Crippen molar-refractivity contribution in [2.45, 2.75) is 44.3 Å². The van der Waals surface area contributed by atoms with Crippen molar-refractivity contribution >= 4 is 0 Å². The van der Waals surface area contributed by atoms with E-state index in [9.17, 15) is 0 Å². The molecule has 0 atom stereocenters. The summed E-state index contributed by atoms with van der Waals surface area (Å²) in [4.78, 5) is 2.37. The Bertz CT molecular complexity index is 326. The first kappa shape index (κ1) is 12.6. The molecule has 1 N–H and O–H groups in total. The minimum absolute atomic E-state index is 0.216. The summed E-state index contributed by atoms with van der Waals surface area (Å²) in [5, 5.41) is 3.78. The van der Waals surface area contributed by atoms with E-state index in [2.05, 4.69) is 54.6 Å². The summed E-state index contributed by atoms with van der Waals surface area (Å²) < 4.78 is 0. The van der Waals surface area contributed by atoms with E-state index in [0.29, 0.717) is 0 Å². The van der Waals surface area contributed by atoms with Gasteiger partial charge < -0.3 is 0 Å². The van der Waals surface area contributed by atoms with Crippen molar-refractivity contribution < 1.29 is 0 Å². The highest BCUT2D eigenvalue weighted by Gasteiger charge is 2.33. The van der Waals surface area contributed by atoms with Crippen LogP contribution in [0.2, 0.25) is 0 Å². The summed E-state index contributed by atoms with van der Waals surface area (Å²) in [6.45, 7) is 0.971. The maximum Gasteiger partial charge on any atom is 0.0710 e. The molecule has 1 aliphatic rings. The molecule has 0 spiro atoms.